The van der Waals surface area contributed by atoms with Gasteiger partial charge in [0.25, 0.3) is 0 Å². The average Bonchev–Trinajstić information content (AvgIpc) is 2.30. The third kappa shape index (κ3) is 1.07. The van der Waals surface area contributed by atoms with Crippen LogP contribution in [0.3, 0.4) is 0 Å². The fraction of sp³-hybridized carbons (Fsp3) is 0.333. The Kier molecular flexibility index (Phi) is 2.11. The summed E-state index contributed by atoms with van der Waals surface area (Å²) in [6, 6.07) is 0. The van der Waals surface area contributed by atoms with Crippen LogP contribution in [0.4, 0.5) is 0 Å². The third-order valence-corrected chi connectivity index (χ3v) is 2.25. The predicted octanol–water partition coefficient (Wildman–Crippen LogP) is 0.724. The van der Waals surface area contributed by atoms with Gasteiger partial charge in [-0.15, -0.1) is 0 Å². The van der Waals surface area contributed by atoms with Crippen LogP contribution in [0.25, 0.3) is 0 Å². The van der Waals surface area contributed by atoms with Crippen LogP contribution in [0.2, 0.25) is 0 Å². The number of rotatable bonds is 2. The van der Waals surface area contributed by atoms with Crippen molar-refractivity contribution in [2.24, 2.45) is 0 Å². The van der Waals surface area contributed by atoms with E-state index in [9.17, 15) is 4.21 Å². The van der Waals surface area contributed by atoms with Crippen molar-refractivity contribution in [3.63, 3.8) is 0 Å². The zero-order valence-corrected chi connectivity index (χ0v) is 6.60. The Balaban J connectivity index is 2.90. The largest absolute Gasteiger partial charge is 0.492 e. The summed E-state index contributed by atoms with van der Waals surface area (Å²) in [5, 5.41) is 1.92. The van der Waals surface area contributed by atoms with Gasteiger partial charge in [0, 0.05) is 5.41 Å². The second kappa shape index (κ2) is 2.88. The van der Waals surface area contributed by atoms with Gasteiger partial charge >= 0.3 is 0 Å². The molecule has 0 aliphatic carbocycles. The summed E-state index contributed by atoms with van der Waals surface area (Å²) >= 11 is 0. The molecule has 0 saturated heterocycles. The zero-order valence-electron chi connectivity index (χ0n) is 5.79. The quantitative estimate of drug-likeness (QED) is 0.597. The lowest BCUT2D eigenvalue weighted by atomic mass is 10.5. The first-order valence-electron chi connectivity index (χ1n) is 2.70. The molecule has 1 unspecified atom stereocenters. The number of hydrogen-bond acceptors (Lipinski definition) is 3. The molecule has 1 aliphatic rings. The minimum Gasteiger partial charge on any atom is -0.492 e. The topological polar surface area (TPSA) is 35.5 Å². The highest BCUT2D eigenvalue weighted by molar-refractivity contribution is 7.91. The predicted molar refractivity (Wildman–Crippen MR) is 38.3 cm³/mol. The van der Waals surface area contributed by atoms with Gasteiger partial charge in [0.2, 0.25) is 5.09 Å². The lowest BCUT2D eigenvalue weighted by molar-refractivity contribution is 0.253. The van der Waals surface area contributed by atoms with E-state index in [0.29, 0.717) is 10.9 Å². The lowest BCUT2D eigenvalue weighted by Gasteiger charge is -2.01. The number of hydrogen-bond donors (Lipinski definition) is 0. The van der Waals surface area contributed by atoms with Crippen LogP contribution in [0.5, 0.6) is 0 Å². The van der Waals surface area contributed by atoms with E-state index in [1.807, 2.05) is 0 Å². The molecule has 0 N–H and O–H groups in total. The minimum atomic E-state index is -1.14. The van der Waals surface area contributed by atoms with E-state index in [1.54, 1.807) is 6.08 Å². The molecule has 0 spiro atoms. The van der Waals surface area contributed by atoms with Crippen LogP contribution >= 0.6 is 0 Å². The van der Waals surface area contributed by atoms with Crippen molar-refractivity contribution in [3.8, 4) is 0 Å². The summed E-state index contributed by atoms with van der Waals surface area (Å²) in [4.78, 5) is 0. The van der Waals surface area contributed by atoms with Gasteiger partial charge in [-0.05, 0) is 6.08 Å². The van der Waals surface area contributed by atoms with Crippen LogP contribution in [0.1, 0.15) is 0 Å². The van der Waals surface area contributed by atoms with Crippen LogP contribution in [-0.4, -0.2) is 18.4 Å². The first kappa shape index (κ1) is 7.34. The molecule has 0 radical (unpaired) electrons. The third-order valence-electron chi connectivity index (χ3n) is 1.13. The summed E-state index contributed by atoms with van der Waals surface area (Å²) < 4.78 is 20.6. The van der Waals surface area contributed by atoms with Crippen LogP contribution in [-0.2, 0) is 20.3 Å². The van der Waals surface area contributed by atoms with Crippen molar-refractivity contribution >= 4 is 10.8 Å². The maximum absolute atomic E-state index is 10.9. The van der Waals surface area contributed by atoms with E-state index in [1.165, 1.54) is 19.6 Å². The maximum atomic E-state index is 10.9. The molecule has 10 heavy (non-hydrogen) atoms. The van der Waals surface area contributed by atoms with Crippen molar-refractivity contribution < 1.29 is 13.7 Å². The van der Waals surface area contributed by atoms with Crippen molar-refractivity contribution in [3.05, 3.63) is 22.3 Å². The Hall–Kier alpha value is -0.770. The molecule has 0 fully saturated rings. The van der Waals surface area contributed by atoms with Crippen molar-refractivity contribution in [2.75, 3.05) is 14.2 Å². The van der Waals surface area contributed by atoms with Crippen molar-refractivity contribution in [1.29, 1.82) is 0 Å². The summed E-state index contributed by atoms with van der Waals surface area (Å²) in [6.07, 6.45) is 1.63. The van der Waals surface area contributed by atoms with Gasteiger partial charge in [-0.2, -0.15) is 0 Å². The molecule has 3 nitrogen and oxygen atoms in total. The van der Waals surface area contributed by atoms with Gasteiger partial charge in [-0.25, -0.2) is 4.21 Å². The first-order chi connectivity index (χ1) is 4.79. The SMILES string of the molecule is COC1=C(OC)S(=O)C=C1. The number of allylic oxidation sites excluding steroid dienone is 1. The van der Waals surface area contributed by atoms with Crippen LogP contribution in [0.15, 0.2) is 22.3 Å². The molecule has 0 aromatic carbocycles. The Morgan fingerprint density at radius 1 is 1.40 bits per heavy atom. The molecular weight excluding hydrogens is 152 g/mol. The second-order valence-corrected chi connectivity index (χ2v) is 2.90. The maximum Gasteiger partial charge on any atom is 0.230 e. The minimum absolute atomic E-state index is 0.391. The zero-order chi connectivity index (χ0) is 7.56. The Morgan fingerprint density at radius 3 is 2.50 bits per heavy atom. The van der Waals surface area contributed by atoms with Crippen molar-refractivity contribution in [1.82, 2.24) is 0 Å². The molecule has 1 aliphatic heterocycles. The second-order valence-electron chi connectivity index (χ2n) is 1.66. The summed E-state index contributed by atoms with van der Waals surface area (Å²) in [5.74, 6) is 0.542. The molecule has 0 bridgehead atoms. The summed E-state index contributed by atoms with van der Waals surface area (Å²) in [7, 11) is 1.85. The number of ether oxygens (including phenoxy) is 2. The first-order valence-corrected chi connectivity index (χ1v) is 3.92. The van der Waals surface area contributed by atoms with E-state index >= 15 is 0 Å². The molecule has 0 amide bonds. The van der Waals surface area contributed by atoms with Gasteiger partial charge in [0.05, 0.1) is 14.2 Å². The monoisotopic (exact) mass is 160 g/mol. The van der Waals surface area contributed by atoms with Gasteiger partial charge < -0.3 is 9.47 Å². The fourth-order valence-corrected chi connectivity index (χ4v) is 1.57. The van der Waals surface area contributed by atoms with Gasteiger partial charge in [0.15, 0.2) is 5.76 Å². The molecule has 1 atom stereocenters. The van der Waals surface area contributed by atoms with E-state index < -0.39 is 10.8 Å². The molecule has 0 aromatic rings. The highest BCUT2D eigenvalue weighted by Gasteiger charge is 2.17. The van der Waals surface area contributed by atoms with E-state index in [0.717, 1.165) is 0 Å². The highest BCUT2D eigenvalue weighted by atomic mass is 32.2. The highest BCUT2D eigenvalue weighted by Crippen LogP contribution is 2.19. The molecule has 0 saturated carbocycles. The molecule has 4 heteroatoms. The van der Waals surface area contributed by atoms with E-state index in [2.05, 4.69) is 0 Å². The van der Waals surface area contributed by atoms with E-state index in [4.69, 9.17) is 9.47 Å². The van der Waals surface area contributed by atoms with Gasteiger partial charge in [0.1, 0.15) is 10.8 Å². The smallest absolute Gasteiger partial charge is 0.230 e. The standard InChI is InChI=1S/C6H8O3S/c1-8-5-3-4-10(7)6(5)9-2/h3-4H,1-2H3. The van der Waals surface area contributed by atoms with Crippen LogP contribution < -0.4 is 0 Å². The normalized spacial score (nSPS) is 23.6. The van der Waals surface area contributed by atoms with Gasteiger partial charge in [-0.1, -0.05) is 0 Å². The molecule has 0 aromatic heterocycles. The molecule has 56 valence electrons. The lowest BCUT2D eigenvalue weighted by Crippen LogP contribution is -1.93. The summed E-state index contributed by atoms with van der Waals surface area (Å²) in [6.45, 7) is 0. The Bertz CT molecular complexity index is 211. The Labute approximate surface area is 61.8 Å². The van der Waals surface area contributed by atoms with Gasteiger partial charge in [-0.3, -0.25) is 0 Å². The molecule has 1 rings (SSSR count). The number of methoxy groups -OCH3 is 2. The Morgan fingerprint density at radius 2 is 2.10 bits per heavy atom. The summed E-state index contributed by atoms with van der Waals surface area (Å²) in [5.41, 5.74) is 0. The fourth-order valence-electron chi connectivity index (χ4n) is 0.687. The van der Waals surface area contributed by atoms with E-state index in [-0.39, 0.29) is 0 Å². The average molecular weight is 160 g/mol. The molecule has 1 heterocycles. The van der Waals surface area contributed by atoms with Crippen molar-refractivity contribution in [2.45, 2.75) is 0 Å². The van der Waals surface area contributed by atoms with Crippen LogP contribution in [0, 0.1) is 0 Å². The molecular formula is C6H8O3S.